The molecule has 0 aromatic rings. The summed E-state index contributed by atoms with van der Waals surface area (Å²) >= 11 is 0. The molecule has 2 aliphatic rings. The fourth-order valence-electron chi connectivity index (χ4n) is 2.86. The van der Waals surface area contributed by atoms with Crippen LogP contribution in [0.5, 0.6) is 0 Å². The fourth-order valence-corrected chi connectivity index (χ4v) is 2.86. The van der Waals surface area contributed by atoms with Gasteiger partial charge in [0.05, 0.1) is 6.61 Å². The normalized spacial score (nSPS) is 36.8. The molecule has 0 spiro atoms. The van der Waals surface area contributed by atoms with Crippen LogP contribution in [0.1, 0.15) is 26.2 Å². The Morgan fingerprint density at radius 2 is 2.07 bits per heavy atom. The molecule has 88 valence electrons. The van der Waals surface area contributed by atoms with Crippen molar-refractivity contribution in [1.29, 1.82) is 0 Å². The third-order valence-electron chi connectivity index (χ3n) is 3.85. The van der Waals surface area contributed by atoms with Crippen LogP contribution in [0.15, 0.2) is 0 Å². The van der Waals surface area contributed by atoms with Crippen LogP contribution in [-0.2, 0) is 0 Å². The third kappa shape index (κ3) is 2.31. The molecule has 0 bridgehead atoms. The van der Waals surface area contributed by atoms with Gasteiger partial charge < -0.3 is 5.11 Å². The average Bonchev–Trinajstić information content (AvgIpc) is 2.44. The lowest BCUT2D eigenvalue weighted by atomic mass is 9.81. The Morgan fingerprint density at radius 1 is 1.40 bits per heavy atom. The van der Waals surface area contributed by atoms with Crippen LogP contribution < -0.4 is 0 Å². The van der Waals surface area contributed by atoms with Crippen molar-refractivity contribution in [3.05, 3.63) is 0 Å². The highest BCUT2D eigenvalue weighted by molar-refractivity contribution is 4.92. The van der Waals surface area contributed by atoms with Crippen molar-refractivity contribution in [2.75, 3.05) is 19.7 Å². The summed E-state index contributed by atoms with van der Waals surface area (Å²) in [7, 11) is 0. The molecule has 1 N–H and O–H groups in total. The number of aliphatic hydroxyl groups is 1. The summed E-state index contributed by atoms with van der Waals surface area (Å²) in [6, 6.07) is 0.194. The Hall–Kier alpha value is -0.220. The van der Waals surface area contributed by atoms with Gasteiger partial charge in [0, 0.05) is 25.4 Å². The molecule has 0 radical (unpaired) electrons. The van der Waals surface area contributed by atoms with Gasteiger partial charge in [-0.05, 0) is 24.8 Å². The van der Waals surface area contributed by atoms with E-state index in [1.54, 1.807) is 0 Å². The van der Waals surface area contributed by atoms with Crippen molar-refractivity contribution in [2.24, 2.45) is 11.8 Å². The molecule has 0 amide bonds. The van der Waals surface area contributed by atoms with Gasteiger partial charge in [0.2, 0.25) is 5.92 Å². The van der Waals surface area contributed by atoms with E-state index >= 15 is 0 Å². The van der Waals surface area contributed by atoms with E-state index in [4.69, 9.17) is 0 Å². The summed E-state index contributed by atoms with van der Waals surface area (Å²) in [4.78, 5) is 2.19. The molecule has 0 aromatic heterocycles. The number of nitrogens with zero attached hydrogens (tertiary/aromatic N) is 1. The maximum atomic E-state index is 12.7. The predicted molar refractivity (Wildman–Crippen MR) is 53.9 cm³/mol. The first-order valence-electron chi connectivity index (χ1n) is 5.74. The number of hydrogen-bond donors (Lipinski definition) is 1. The molecule has 2 fully saturated rings. The largest absolute Gasteiger partial charge is 0.395 e. The zero-order valence-corrected chi connectivity index (χ0v) is 9.13. The molecular formula is C11H19F2NO. The minimum Gasteiger partial charge on any atom is -0.395 e. The van der Waals surface area contributed by atoms with E-state index < -0.39 is 5.92 Å². The van der Waals surface area contributed by atoms with E-state index in [0.717, 1.165) is 19.5 Å². The molecule has 15 heavy (non-hydrogen) atoms. The standard InChI is InChI=1S/C11H19F2NO/c1-8-2-3-14(10(8)7-15)6-9-4-11(12,13)5-9/h8-10,15H,2-7H2,1H3/t8-,10-/m0/s1. The summed E-state index contributed by atoms with van der Waals surface area (Å²) < 4.78 is 25.3. The molecule has 1 heterocycles. The van der Waals surface area contributed by atoms with Crippen LogP contribution in [0.3, 0.4) is 0 Å². The number of hydrogen-bond acceptors (Lipinski definition) is 2. The van der Waals surface area contributed by atoms with Gasteiger partial charge in [-0.1, -0.05) is 6.92 Å². The van der Waals surface area contributed by atoms with Gasteiger partial charge in [0.1, 0.15) is 0 Å². The van der Waals surface area contributed by atoms with E-state index in [0.29, 0.717) is 5.92 Å². The van der Waals surface area contributed by atoms with Crippen molar-refractivity contribution in [1.82, 2.24) is 4.90 Å². The zero-order chi connectivity index (χ0) is 11.1. The second-order valence-electron chi connectivity index (χ2n) is 5.14. The minimum atomic E-state index is -2.41. The van der Waals surface area contributed by atoms with Crippen LogP contribution in [-0.4, -0.2) is 41.7 Å². The number of halogens is 2. The quantitative estimate of drug-likeness (QED) is 0.781. The van der Waals surface area contributed by atoms with Gasteiger partial charge in [0.15, 0.2) is 0 Å². The summed E-state index contributed by atoms with van der Waals surface area (Å²) in [6.45, 7) is 3.97. The molecule has 2 rings (SSSR count). The van der Waals surface area contributed by atoms with Gasteiger partial charge in [-0.15, -0.1) is 0 Å². The van der Waals surface area contributed by atoms with Crippen LogP contribution in [0.4, 0.5) is 8.78 Å². The molecule has 1 saturated carbocycles. The number of likely N-dealkylation sites (tertiary alicyclic amines) is 1. The predicted octanol–water partition coefficient (Wildman–Crippen LogP) is 1.73. The van der Waals surface area contributed by atoms with E-state index in [1.165, 1.54) is 0 Å². The van der Waals surface area contributed by atoms with Gasteiger partial charge in [0.25, 0.3) is 0 Å². The fraction of sp³-hybridized carbons (Fsp3) is 1.00. The molecular weight excluding hydrogens is 200 g/mol. The van der Waals surface area contributed by atoms with Crippen LogP contribution >= 0.6 is 0 Å². The number of alkyl halides is 2. The van der Waals surface area contributed by atoms with E-state index in [-0.39, 0.29) is 31.4 Å². The molecule has 2 atom stereocenters. The second-order valence-corrected chi connectivity index (χ2v) is 5.14. The highest BCUT2D eigenvalue weighted by Gasteiger charge is 2.46. The van der Waals surface area contributed by atoms with Crippen LogP contribution in [0.25, 0.3) is 0 Å². The van der Waals surface area contributed by atoms with Gasteiger partial charge in [-0.2, -0.15) is 0 Å². The number of aliphatic hydroxyl groups excluding tert-OH is 1. The van der Waals surface area contributed by atoms with Crippen molar-refractivity contribution in [3.63, 3.8) is 0 Å². The van der Waals surface area contributed by atoms with Crippen molar-refractivity contribution < 1.29 is 13.9 Å². The smallest absolute Gasteiger partial charge is 0.248 e. The number of rotatable bonds is 3. The van der Waals surface area contributed by atoms with E-state index in [1.807, 2.05) is 0 Å². The summed E-state index contributed by atoms with van der Waals surface area (Å²) in [5, 5.41) is 9.22. The van der Waals surface area contributed by atoms with Gasteiger partial charge >= 0.3 is 0 Å². The minimum absolute atomic E-state index is 0.0377. The zero-order valence-electron chi connectivity index (χ0n) is 9.13. The van der Waals surface area contributed by atoms with Gasteiger partial charge in [-0.3, -0.25) is 4.90 Å². The summed E-state index contributed by atoms with van der Waals surface area (Å²) in [6.07, 6.45) is 1.15. The molecule has 0 aromatic carbocycles. The van der Waals surface area contributed by atoms with Crippen molar-refractivity contribution >= 4 is 0 Å². The summed E-state index contributed by atoms with van der Waals surface area (Å²) in [5.41, 5.74) is 0. The first-order valence-corrected chi connectivity index (χ1v) is 5.74. The Kier molecular flexibility index (Phi) is 2.99. The Morgan fingerprint density at radius 3 is 2.60 bits per heavy atom. The summed E-state index contributed by atoms with van der Waals surface area (Å²) in [5.74, 6) is -1.78. The molecule has 2 nitrogen and oxygen atoms in total. The van der Waals surface area contributed by atoms with Crippen LogP contribution in [0, 0.1) is 11.8 Å². The van der Waals surface area contributed by atoms with Crippen molar-refractivity contribution in [2.45, 2.75) is 38.2 Å². The first-order chi connectivity index (χ1) is 7.02. The molecule has 4 heteroatoms. The lowest BCUT2D eigenvalue weighted by Gasteiger charge is -2.38. The maximum absolute atomic E-state index is 12.7. The SMILES string of the molecule is C[C@H]1CCN(CC2CC(F)(F)C2)[C@H]1CO. The molecule has 0 unspecified atom stereocenters. The molecule has 1 aliphatic carbocycles. The van der Waals surface area contributed by atoms with Gasteiger partial charge in [-0.25, -0.2) is 8.78 Å². The average molecular weight is 219 g/mol. The third-order valence-corrected chi connectivity index (χ3v) is 3.85. The molecule has 1 aliphatic heterocycles. The monoisotopic (exact) mass is 219 g/mol. The highest BCUT2D eigenvalue weighted by atomic mass is 19.3. The highest BCUT2D eigenvalue weighted by Crippen LogP contribution is 2.43. The Labute approximate surface area is 89.3 Å². The first kappa shape index (κ1) is 11.3. The van der Waals surface area contributed by atoms with E-state index in [9.17, 15) is 13.9 Å². The van der Waals surface area contributed by atoms with Crippen LogP contribution in [0.2, 0.25) is 0 Å². The topological polar surface area (TPSA) is 23.5 Å². The second kappa shape index (κ2) is 3.98. The Bertz CT molecular complexity index is 227. The lowest BCUT2D eigenvalue weighted by Crippen LogP contribution is -2.45. The van der Waals surface area contributed by atoms with Crippen molar-refractivity contribution in [3.8, 4) is 0 Å². The maximum Gasteiger partial charge on any atom is 0.248 e. The Balaban J connectivity index is 1.80. The lowest BCUT2D eigenvalue weighted by molar-refractivity contribution is -0.117. The van der Waals surface area contributed by atoms with E-state index in [2.05, 4.69) is 11.8 Å². The molecule has 1 saturated heterocycles.